The van der Waals surface area contributed by atoms with Crippen LogP contribution >= 0.6 is 0 Å². The maximum Gasteiger partial charge on any atom is 0.119 e. The number of ether oxygens (including phenoxy) is 1. The Bertz CT molecular complexity index is 410. The molecule has 1 aromatic heterocycles. The molecule has 0 saturated carbocycles. The van der Waals surface area contributed by atoms with E-state index in [1.807, 2.05) is 30.5 Å². The molecule has 2 N–H and O–H groups in total. The summed E-state index contributed by atoms with van der Waals surface area (Å²) in [5.74, 6) is 0.841. The van der Waals surface area contributed by atoms with Crippen molar-refractivity contribution in [3.8, 4) is 5.75 Å². The number of hydrogen-bond acceptors (Lipinski definition) is 4. The molecule has 0 unspecified atom stereocenters. The summed E-state index contributed by atoms with van der Waals surface area (Å²) in [5.41, 5.74) is 6.32. The average molecular weight is 218 g/mol. The van der Waals surface area contributed by atoms with Gasteiger partial charge in [0, 0.05) is 24.8 Å². The van der Waals surface area contributed by atoms with Crippen LogP contribution in [-0.2, 0) is 6.54 Å². The van der Waals surface area contributed by atoms with E-state index in [4.69, 9.17) is 10.5 Å². The van der Waals surface area contributed by atoms with Crippen LogP contribution in [0.2, 0.25) is 0 Å². The van der Waals surface area contributed by atoms with Gasteiger partial charge >= 0.3 is 0 Å². The van der Waals surface area contributed by atoms with E-state index in [0.717, 1.165) is 24.4 Å². The fourth-order valence-electron chi connectivity index (χ4n) is 1.33. The Morgan fingerprint density at radius 3 is 2.75 bits per heavy atom. The van der Waals surface area contributed by atoms with Gasteiger partial charge in [0.05, 0.1) is 12.8 Å². The molecule has 16 heavy (non-hydrogen) atoms. The van der Waals surface area contributed by atoms with Crippen LogP contribution in [0.25, 0.3) is 0 Å². The highest BCUT2D eigenvalue weighted by Gasteiger charge is 1.95. The number of nitrogens with two attached hydrogens (primary N) is 1. The lowest BCUT2D eigenvalue weighted by atomic mass is 10.3. The molecule has 0 aliphatic carbocycles. The summed E-state index contributed by atoms with van der Waals surface area (Å²) in [6.45, 7) is 1.47. The molecule has 0 bridgehead atoms. The Balaban J connectivity index is 1.70. The molecule has 0 spiro atoms. The number of nitrogen functional groups attached to an aromatic ring is 1. The molecule has 0 radical (unpaired) electrons. The van der Waals surface area contributed by atoms with Crippen molar-refractivity contribution in [2.24, 2.45) is 0 Å². The number of aryl methyl sites for hydroxylation is 1. The quantitative estimate of drug-likeness (QED) is 0.607. The van der Waals surface area contributed by atoms with E-state index in [-0.39, 0.29) is 0 Å². The number of hydrogen-bond donors (Lipinski definition) is 1. The van der Waals surface area contributed by atoms with Crippen molar-refractivity contribution < 1.29 is 4.74 Å². The largest absolute Gasteiger partial charge is 0.494 e. The third-order valence-electron chi connectivity index (χ3n) is 2.15. The van der Waals surface area contributed by atoms with Gasteiger partial charge in [-0.3, -0.25) is 4.68 Å². The lowest BCUT2D eigenvalue weighted by Gasteiger charge is -2.05. The first kappa shape index (κ1) is 10.5. The predicted octanol–water partition coefficient (Wildman–Crippen LogP) is 1.33. The van der Waals surface area contributed by atoms with Crippen LogP contribution in [0.15, 0.2) is 36.7 Å². The molecule has 0 atom stereocenters. The van der Waals surface area contributed by atoms with Crippen molar-refractivity contribution >= 4 is 5.69 Å². The van der Waals surface area contributed by atoms with Crippen molar-refractivity contribution in [3.63, 3.8) is 0 Å². The standard InChI is InChI=1S/C11H14N4O/c12-10-2-4-11(5-3-10)16-9-1-7-15-8-6-13-14-15/h2-6,8H,1,7,9,12H2. The molecule has 0 aliphatic rings. The lowest BCUT2D eigenvalue weighted by molar-refractivity contribution is 0.298. The van der Waals surface area contributed by atoms with Crippen LogP contribution in [0.3, 0.4) is 0 Å². The minimum Gasteiger partial charge on any atom is -0.494 e. The Labute approximate surface area is 93.8 Å². The van der Waals surface area contributed by atoms with Gasteiger partial charge in [0.2, 0.25) is 0 Å². The number of benzene rings is 1. The number of nitrogens with zero attached hydrogens (tertiary/aromatic N) is 3. The van der Waals surface area contributed by atoms with E-state index in [9.17, 15) is 0 Å². The first-order valence-corrected chi connectivity index (χ1v) is 5.17. The smallest absolute Gasteiger partial charge is 0.119 e. The van der Waals surface area contributed by atoms with Crippen molar-refractivity contribution in [2.45, 2.75) is 13.0 Å². The lowest BCUT2D eigenvalue weighted by Crippen LogP contribution is -2.05. The van der Waals surface area contributed by atoms with Gasteiger partial charge < -0.3 is 10.5 Å². The van der Waals surface area contributed by atoms with Crippen LogP contribution in [0.1, 0.15) is 6.42 Å². The monoisotopic (exact) mass is 218 g/mol. The molecule has 0 aliphatic heterocycles. The second-order valence-electron chi connectivity index (χ2n) is 3.44. The van der Waals surface area contributed by atoms with Gasteiger partial charge in [0.25, 0.3) is 0 Å². The summed E-state index contributed by atoms with van der Waals surface area (Å²) >= 11 is 0. The SMILES string of the molecule is Nc1ccc(OCCCn2ccnn2)cc1. The minimum absolute atomic E-state index is 0.657. The summed E-state index contributed by atoms with van der Waals surface area (Å²) in [5, 5.41) is 7.59. The molecular formula is C11H14N4O. The molecule has 2 rings (SSSR count). The average Bonchev–Trinajstić information content (AvgIpc) is 2.80. The second kappa shape index (κ2) is 5.16. The van der Waals surface area contributed by atoms with Gasteiger partial charge in [-0.25, -0.2) is 0 Å². The fourth-order valence-corrected chi connectivity index (χ4v) is 1.33. The van der Waals surface area contributed by atoms with Crippen LogP contribution in [-0.4, -0.2) is 21.6 Å². The zero-order valence-electron chi connectivity index (χ0n) is 8.91. The van der Waals surface area contributed by atoms with Gasteiger partial charge in [0.1, 0.15) is 5.75 Å². The van der Waals surface area contributed by atoms with Gasteiger partial charge in [-0.05, 0) is 24.3 Å². The first-order valence-electron chi connectivity index (χ1n) is 5.17. The maximum absolute atomic E-state index is 5.57. The Hall–Kier alpha value is -2.04. The molecule has 1 aromatic carbocycles. The molecule has 1 heterocycles. The summed E-state index contributed by atoms with van der Waals surface area (Å²) in [4.78, 5) is 0. The molecule has 2 aromatic rings. The van der Waals surface area contributed by atoms with E-state index in [1.54, 1.807) is 10.9 Å². The summed E-state index contributed by atoms with van der Waals surface area (Å²) in [6.07, 6.45) is 4.40. The van der Waals surface area contributed by atoms with Crippen molar-refractivity contribution in [3.05, 3.63) is 36.7 Å². The molecule has 0 saturated heterocycles. The highest BCUT2D eigenvalue weighted by atomic mass is 16.5. The third-order valence-corrected chi connectivity index (χ3v) is 2.15. The molecule has 0 amide bonds. The predicted molar refractivity (Wildman–Crippen MR) is 61.0 cm³/mol. The van der Waals surface area contributed by atoms with Crippen LogP contribution in [0, 0.1) is 0 Å². The van der Waals surface area contributed by atoms with Crippen molar-refractivity contribution in [1.82, 2.24) is 15.0 Å². The topological polar surface area (TPSA) is 66.0 Å². The second-order valence-corrected chi connectivity index (χ2v) is 3.44. The van der Waals surface area contributed by atoms with Crippen molar-refractivity contribution in [2.75, 3.05) is 12.3 Å². The zero-order valence-corrected chi connectivity index (χ0v) is 8.91. The zero-order chi connectivity index (χ0) is 11.2. The molecule has 5 nitrogen and oxygen atoms in total. The van der Waals surface area contributed by atoms with E-state index >= 15 is 0 Å². The van der Waals surface area contributed by atoms with Gasteiger partial charge in [0.15, 0.2) is 0 Å². The molecule has 0 fully saturated rings. The Morgan fingerprint density at radius 1 is 1.25 bits per heavy atom. The normalized spacial score (nSPS) is 10.2. The maximum atomic E-state index is 5.57. The van der Waals surface area contributed by atoms with Gasteiger partial charge in [-0.2, -0.15) is 0 Å². The minimum atomic E-state index is 0.657. The number of rotatable bonds is 5. The third kappa shape index (κ3) is 2.98. The van der Waals surface area contributed by atoms with E-state index in [1.165, 1.54) is 0 Å². The van der Waals surface area contributed by atoms with E-state index < -0.39 is 0 Å². The van der Waals surface area contributed by atoms with Gasteiger partial charge in [-0.15, -0.1) is 5.10 Å². The van der Waals surface area contributed by atoms with Crippen molar-refractivity contribution in [1.29, 1.82) is 0 Å². The van der Waals surface area contributed by atoms with Crippen LogP contribution < -0.4 is 10.5 Å². The van der Waals surface area contributed by atoms with Gasteiger partial charge in [-0.1, -0.05) is 5.21 Å². The number of aromatic nitrogens is 3. The van der Waals surface area contributed by atoms with Crippen LogP contribution in [0.5, 0.6) is 5.75 Å². The highest BCUT2D eigenvalue weighted by molar-refractivity contribution is 5.41. The first-order chi connectivity index (χ1) is 7.84. The summed E-state index contributed by atoms with van der Waals surface area (Å²) in [7, 11) is 0. The van der Waals surface area contributed by atoms with E-state index in [2.05, 4.69) is 10.3 Å². The molecule has 84 valence electrons. The number of anilines is 1. The highest BCUT2D eigenvalue weighted by Crippen LogP contribution is 2.13. The fraction of sp³-hybridized carbons (Fsp3) is 0.273. The Morgan fingerprint density at radius 2 is 2.06 bits per heavy atom. The molecular weight excluding hydrogens is 204 g/mol. The Kier molecular flexibility index (Phi) is 3.38. The van der Waals surface area contributed by atoms with E-state index in [0.29, 0.717) is 6.61 Å². The summed E-state index contributed by atoms with van der Waals surface area (Å²) in [6, 6.07) is 7.38. The summed E-state index contributed by atoms with van der Waals surface area (Å²) < 4.78 is 7.33. The molecule has 5 heteroatoms. The van der Waals surface area contributed by atoms with Crippen LogP contribution in [0.4, 0.5) is 5.69 Å².